The Morgan fingerprint density at radius 3 is 2.31 bits per heavy atom. The van der Waals surface area contributed by atoms with Gasteiger partial charge >= 0.3 is 0 Å². The van der Waals surface area contributed by atoms with Crippen molar-refractivity contribution in [2.75, 3.05) is 13.6 Å². The fourth-order valence-corrected chi connectivity index (χ4v) is 1.99. The molecule has 2 atom stereocenters. The van der Waals surface area contributed by atoms with Crippen molar-refractivity contribution in [2.24, 2.45) is 5.92 Å². The van der Waals surface area contributed by atoms with Crippen LogP contribution >= 0.6 is 0 Å². The Morgan fingerprint density at radius 2 is 1.88 bits per heavy atom. The number of hydrogen-bond donors (Lipinski definition) is 1. The van der Waals surface area contributed by atoms with Crippen molar-refractivity contribution in [3.63, 3.8) is 0 Å². The lowest BCUT2D eigenvalue weighted by Crippen LogP contribution is -2.49. The summed E-state index contributed by atoms with van der Waals surface area (Å²) in [7, 11) is 2.27. The fraction of sp³-hybridized carbons (Fsp3) is 1.00. The zero-order valence-corrected chi connectivity index (χ0v) is 12.0. The standard InChI is InChI=1S/C14H30N2/c1-7-14(4,5)16(6)12(3)11(2)10-15-13-8-9-13/h11-13,15H,7-10H2,1-6H3. The first-order valence-corrected chi connectivity index (χ1v) is 6.84. The van der Waals surface area contributed by atoms with Crippen molar-refractivity contribution in [1.29, 1.82) is 0 Å². The van der Waals surface area contributed by atoms with Gasteiger partial charge in [0.05, 0.1) is 0 Å². The number of hydrogen-bond acceptors (Lipinski definition) is 2. The predicted octanol–water partition coefficient (Wildman–Crippen LogP) is 2.88. The Morgan fingerprint density at radius 1 is 1.31 bits per heavy atom. The van der Waals surface area contributed by atoms with Gasteiger partial charge in [-0.25, -0.2) is 0 Å². The lowest BCUT2D eigenvalue weighted by atomic mass is 9.93. The molecule has 0 radical (unpaired) electrons. The number of nitrogens with zero attached hydrogens (tertiary/aromatic N) is 1. The zero-order chi connectivity index (χ0) is 12.3. The van der Waals surface area contributed by atoms with Crippen LogP contribution in [0.4, 0.5) is 0 Å². The molecule has 0 aromatic carbocycles. The first kappa shape index (κ1) is 14.0. The maximum atomic E-state index is 3.63. The molecule has 0 aromatic rings. The molecule has 0 bridgehead atoms. The van der Waals surface area contributed by atoms with Gasteiger partial charge in [0.25, 0.3) is 0 Å². The van der Waals surface area contributed by atoms with Gasteiger partial charge < -0.3 is 5.32 Å². The van der Waals surface area contributed by atoms with E-state index in [0.29, 0.717) is 11.6 Å². The van der Waals surface area contributed by atoms with Gasteiger partial charge in [0.15, 0.2) is 0 Å². The van der Waals surface area contributed by atoms with Gasteiger partial charge in [-0.2, -0.15) is 0 Å². The molecular formula is C14H30N2. The van der Waals surface area contributed by atoms with Crippen LogP contribution in [0.5, 0.6) is 0 Å². The van der Waals surface area contributed by atoms with Crippen LogP contribution in [-0.4, -0.2) is 36.1 Å². The molecule has 0 saturated heterocycles. The molecule has 1 saturated carbocycles. The lowest BCUT2D eigenvalue weighted by molar-refractivity contribution is 0.0767. The van der Waals surface area contributed by atoms with Gasteiger partial charge in [-0.1, -0.05) is 13.8 Å². The molecule has 0 spiro atoms. The summed E-state index contributed by atoms with van der Waals surface area (Å²) in [4.78, 5) is 2.53. The smallest absolute Gasteiger partial charge is 0.0150 e. The highest BCUT2D eigenvalue weighted by Crippen LogP contribution is 2.24. The summed E-state index contributed by atoms with van der Waals surface area (Å²) in [5, 5.41) is 3.63. The van der Waals surface area contributed by atoms with Gasteiger partial charge in [-0.3, -0.25) is 4.90 Å². The SMILES string of the molecule is CCC(C)(C)N(C)C(C)C(C)CNC1CC1. The van der Waals surface area contributed by atoms with Gasteiger partial charge in [0.1, 0.15) is 0 Å². The first-order chi connectivity index (χ1) is 7.38. The monoisotopic (exact) mass is 226 g/mol. The molecule has 2 nitrogen and oxygen atoms in total. The number of nitrogens with one attached hydrogen (secondary N) is 1. The normalized spacial score (nSPS) is 21.2. The van der Waals surface area contributed by atoms with E-state index in [1.807, 2.05) is 0 Å². The summed E-state index contributed by atoms with van der Waals surface area (Å²) < 4.78 is 0. The molecule has 0 aromatic heterocycles. The fourth-order valence-electron chi connectivity index (χ4n) is 1.99. The highest BCUT2D eigenvalue weighted by molar-refractivity contribution is 4.86. The topological polar surface area (TPSA) is 15.3 Å². The highest BCUT2D eigenvalue weighted by Gasteiger charge is 2.29. The summed E-state index contributed by atoms with van der Waals surface area (Å²) in [5.74, 6) is 0.719. The minimum absolute atomic E-state index is 0.313. The van der Waals surface area contributed by atoms with Crippen LogP contribution in [0.1, 0.15) is 53.9 Å². The highest BCUT2D eigenvalue weighted by atomic mass is 15.2. The molecule has 96 valence electrons. The Kier molecular flexibility index (Phi) is 4.81. The summed E-state index contributed by atoms with van der Waals surface area (Å²) in [5.41, 5.74) is 0.313. The molecule has 0 aliphatic heterocycles. The molecule has 1 aliphatic rings. The Bertz CT molecular complexity index is 209. The molecular weight excluding hydrogens is 196 g/mol. The lowest BCUT2D eigenvalue weighted by Gasteiger charge is -2.41. The third-order valence-electron chi connectivity index (χ3n) is 4.56. The van der Waals surface area contributed by atoms with E-state index in [1.54, 1.807) is 0 Å². The Balaban J connectivity index is 2.37. The second-order valence-corrected chi connectivity index (χ2v) is 6.18. The maximum absolute atomic E-state index is 3.63. The van der Waals surface area contributed by atoms with E-state index in [0.717, 1.165) is 18.5 Å². The number of rotatable bonds is 7. The third-order valence-corrected chi connectivity index (χ3v) is 4.56. The van der Waals surface area contributed by atoms with E-state index in [4.69, 9.17) is 0 Å². The zero-order valence-electron chi connectivity index (χ0n) is 12.0. The Labute approximate surface area is 102 Å². The van der Waals surface area contributed by atoms with Gasteiger partial charge in [-0.15, -0.1) is 0 Å². The third kappa shape index (κ3) is 3.74. The molecule has 0 amide bonds. The second kappa shape index (κ2) is 5.50. The van der Waals surface area contributed by atoms with Gasteiger partial charge in [0.2, 0.25) is 0 Å². The van der Waals surface area contributed by atoms with Crippen LogP contribution in [0.3, 0.4) is 0 Å². The molecule has 16 heavy (non-hydrogen) atoms. The van der Waals surface area contributed by atoms with E-state index in [9.17, 15) is 0 Å². The van der Waals surface area contributed by atoms with Crippen molar-refractivity contribution >= 4 is 0 Å². The molecule has 1 N–H and O–H groups in total. The van der Waals surface area contributed by atoms with Crippen LogP contribution in [0.15, 0.2) is 0 Å². The quantitative estimate of drug-likeness (QED) is 0.718. The van der Waals surface area contributed by atoms with Gasteiger partial charge in [0, 0.05) is 17.6 Å². The summed E-state index contributed by atoms with van der Waals surface area (Å²) in [6, 6.07) is 1.47. The van der Waals surface area contributed by atoms with Crippen LogP contribution < -0.4 is 5.32 Å². The van der Waals surface area contributed by atoms with Crippen molar-refractivity contribution in [2.45, 2.75) is 71.5 Å². The van der Waals surface area contributed by atoms with Crippen molar-refractivity contribution in [3.8, 4) is 0 Å². The maximum Gasteiger partial charge on any atom is 0.0150 e. The largest absolute Gasteiger partial charge is 0.314 e. The molecule has 0 heterocycles. The summed E-state index contributed by atoms with van der Waals surface area (Å²) >= 11 is 0. The predicted molar refractivity (Wildman–Crippen MR) is 71.8 cm³/mol. The van der Waals surface area contributed by atoms with Crippen LogP contribution in [0, 0.1) is 5.92 Å². The molecule has 1 fully saturated rings. The van der Waals surface area contributed by atoms with E-state index < -0.39 is 0 Å². The van der Waals surface area contributed by atoms with Crippen molar-refractivity contribution in [3.05, 3.63) is 0 Å². The summed E-state index contributed by atoms with van der Waals surface area (Å²) in [6.07, 6.45) is 3.98. The Hall–Kier alpha value is -0.0800. The second-order valence-electron chi connectivity index (χ2n) is 6.18. The van der Waals surface area contributed by atoms with Crippen LogP contribution in [-0.2, 0) is 0 Å². The van der Waals surface area contributed by atoms with Gasteiger partial charge in [-0.05, 0) is 59.5 Å². The van der Waals surface area contributed by atoms with Crippen LogP contribution in [0.25, 0.3) is 0 Å². The van der Waals surface area contributed by atoms with E-state index in [-0.39, 0.29) is 0 Å². The average molecular weight is 226 g/mol. The molecule has 2 unspecified atom stereocenters. The van der Waals surface area contributed by atoms with E-state index >= 15 is 0 Å². The summed E-state index contributed by atoms with van der Waals surface area (Å²) in [6.45, 7) is 12.8. The van der Waals surface area contributed by atoms with E-state index in [2.05, 4.69) is 51.9 Å². The molecule has 1 aliphatic carbocycles. The molecule has 2 heteroatoms. The van der Waals surface area contributed by atoms with Crippen LogP contribution in [0.2, 0.25) is 0 Å². The first-order valence-electron chi connectivity index (χ1n) is 6.84. The van der Waals surface area contributed by atoms with Crippen molar-refractivity contribution in [1.82, 2.24) is 10.2 Å². The average Bonchev–Trinajstić information content (AvgIpc) is 3.07. The van der Waals surface area contributed by atoms with E-state index in [1.165, 1.54) is 19.3 Å². The minimum atomic E-state index is 0.313. The van der Waals surface area contributed by atoms with Crippen molar-refractivity contribution < 1.29 is 0 Å². The molecule has 1 rings (SSSR count). The minimum Gasteiger partial charge on any atom is -0.314 e.